The number of hydrogen-bond acceptors (Lipinski definition) is 5. The number of methoxy groups -OCH3 is 1. The van der Waals surface area contributed by atoms with Crippen LogP contribution in [0, 0.1) is 19.3 Å². The summed E-state index contributed by atoms with van der Waals surface area (Å²) in [6.07, 6.45) is 3.48. The predicted octanol–water partition coefficient (Wildman–Crippen LogP) is 3.84. The molecule has 7 nitrogen and oxygen atoms in total. The van der Waals surface area contributed by atoms with Crippen molar-refractivity contribution < 1.29 is 18.7 Å². The summed E-state index contributed by atoms with van der Waals surface area (Å²) in [5.41, 5.74) is 0.532. The lowest BCUT2D eigenvalue weighted by Crippen LogP contribution is -2.54. The third kappa shape index (κ3) is 3.64. The quantitative estimate of drug-likeness (QED) is 0.606. The molecule has 0 spiro atoms. The number of amides is 1. The smallest absolute Gasteiger partial charge is 0.340 e. The molecule has 1 heterocycles. The second kappa shape index (κ2) is 7.64. The van der Waals surface area contributed by atoms with Crippen molar-refractivity contribution >= 4 is 29.1 Å². The number of aromatic nitrogens is 1. The fourth-order valence-electron chi connectivity index (χ4n) is 3.09. The van der Waals surface area contributed by atoms with Gasteiger partial charge < -0.3 is 20.2 Å². The molecule has 1 amide bonds. The minimum absolute atomic E-state index is 0.165. The molecule has 0 unspecified atom stereocenters. The molecule has 3 rings (SSSR count). The number of nitrogens with one attached hydrogen (secondary N) is 2. The molecule has 0 aliphatic heterocycles. The monoisotopic (exact) mass is 382 g/mol. The molecular weight excluding hydrogens is 363 g/mol. The van der Waals surface area contributed by atoms with Crippen LogP contribution in [0.2, 0.25) is 0 Å². The zero-order valence-electron chi connectivity index (χ0n) is 15.5. The Morgan fingerprint density at radius 2 is 2.04 bits per heavy atom. The normalized spacial score (nSPS) is 14.4. The third-order valence-corrected chi connectivity index (χ3v) is 4.81. The largest absolute Gasteiger partial charge is 0.465 e. The summed E-state index contributed by atoms with van der Waals surface area (Å²) in [4.78, 5) is 31.7. The van der Waals surface area contributed by atoms with Crippen molar-refractivity contribution in [2.24, 2.45) is 0 Å². The van der Waals surface area contributed by atoms with Crippen LogP contribution in [0.25, 0.3) is 4.85 Å². The molecule has 2 N–H and O–H groups in total. The van der Waals surface area contributed by atoms with Crippen molar-refractivity contribution in [2.75, 3.05) is 17.7 Å². The minimum Gasteiger partial charge on any atom is -0.465 e. The summed E-state index contributed by atoms with van der Waals surface area (Å²) in [5.74, 6) is -1.45. The van der Waals surface area contributed by atoms with Gasteiger partial charge >= 0.3 is 5.97 Å². The van der Waals surface area contributed by atoms with E-state index in [9.17, 15) is 14.0 Å². The third-order valence-electron chi connectivity index (χ3n) is 4.81. The molecular formula is C20H19FN4O3. The second-order valence-corrected chi connectivity index (χ2v) is 6.68. The molecule has 8 heteroatoms. The fraction of sp³-hybridized carbons (Fsp3) is 0.300. The van der Waals surface area contributed by atoms with Crippen molar-refractivity contribution in [2.45, 2.75) is 31.7 Å². The van der Waals surface area contributed by atoms with E-state index in [-0.39, 0.29) is 17.3 Å². The van der Waals surface area contributed by atoms with Crippen molar-refractivity contribution in [3.05, 3.63) is 58.8 Å². The number of ether oxygens (including phenoxy) is 1. The maximum Gasteiger partial charge on any atom is 0.340 e. The first-order valence-corrected chi connectivity index (χ1v) is 8.70. The van der Waals surface area contributed by atoms with Gasteiger partial charge in [-0.05, 0) is 56.0 Å². The van der Waals surface area contributed by atoms with Gasteiger partial charge in [0.25, 0.3) is 5.82 Å². The molecule has 0 bridgehead atoms. The number of aryl methyl sites for hydroxylation is 1. The molecule has 0 radical (unpaired) electrons. The van der Waals surface area contributed by atoms with Crippen LogP contribution in [-0.2, 0) is 9.53 Å². The molecule has 0 saturated heterocycles. The first-order chi connectivity index (χ1) is 13.4. The number of carbonyl (C=O) groups is 2. The Labute approximate surface area is 161 Å². The van der Waals surface area contributed by atoms with Crippen LogP contribution >= 0.6 is 0 Å². The van der Waals surface area contributed by atoms with Crippen molar-refractivity contribution in [1.29, 1.82) is 0 Å². The zero-order chi connectivity index (χ0) is 20.3. The van der Waals surface area contributed by atoms with Crippen LogP contribution in [0.5, 0.6) is 0 Å². The summed E-state index contributed by atoms with van der Waals surface area (Å²) >= 11 is 0. The van der Waals surface area contributed by atoms with Gasteiger partial charge in [-0.3, -0.25) is 4.79 Å². The summed E-state index contributed by atoms with van der Waals surface area (Å²) in [5, 5.41) is 5.92. The Hall–Kier alpha value is -3.47. The number of carbonyl (C=O) groups excluding carboxylic acids is 2. The standard InChI is InChI=1S/C20H19FN4O3/c1-12-9-14(11-23-17(12)22-2)24-19(27)20(7-4-8-20)25-13-5-6-15(16(21)10-13)18(26)28-3/h5-6,9-11,25H,4,7-8H2,1,3H3,(H,24,27). The zero-order valence-corrected chi connectivity index (χ0v) is 15.5. The van der Waals surface area contributed by atoms with Gasteiger partial charge in [-0.2, -0.15) is 0 Å². The molecule has 0 atom stereocenters. The van der Waals surface area contributed by atoms with E-state index in [0.29, 0.717) is 29.8 Å². The van der Waals surface area contributed by atoms with E-state index in [1.165, 1.54) is 25.4 Å². The van der Waals surface area contributed by atoms with Crippen LogP contribution in [0.15, 0.2) is 30.5 Å². The van der Waals surface area contributed by atoms with Gasteiger partial charge in [0.2, 0.25) is 5.91 Å². The van der Waals surface area contributed by atoms with Crippen molar-refractivity contribution in [3.63, 3.8) is 0 Å². The van der Waals surface area contributed by atoms with Crippen LogP contribution in [-0.4, -0.2) is 29.5 Å². The molecule has 1 aromatic heterocycles. The van der Waals surface area contributed by atoms with E-state index < -0.39 is 17.3 Å². The van der Waals surface area contributed by atoms with Crippen molar-refractivity contribution in [1.82, 2.24) is 4.98 Å². The van der Waals surface area contributed by atoms with E-state index in [4.69, 9.17) is 6.57 Å². The van der Waals surface area contributed by atoms with E-state index in [0.717, 1.165) is 6.42 Å². The summed E-state index contributed by atoms with van der Waals surface area (Å²) in [6.45, 7) is 8.79. The first-order valence-electron chi connectivity index (χ1n) is 8.70. The highest BCUT2D eigenvalue weighted by Gasteiger charge is 2.44. The highest BCUT2D eigenvalue weighted by molar-refractivity contribution is 6.01. The van der Waals surface area contributed by atoms with E-state index in [1.807, 2.05) is 0 Å². The maximum atomic E-state index is 14.2. The van der Waals surface area contributed by atoms with Crippen LogP contribution < -0.4 is 10.6 Å². The highest BCUT2D eigenvalue weighted by atomic mass is 19.1. The van der Waals surface area contributed by atoms with Gasteiger partial charge in [0.05, 0.1) is 18.4 Å². The second-order valence-electron chi connectivity index (χ2n) is 6.68. The topological polar surface area (TPSA) is 84.7 Å². The van der Waals surface area contributed by atoms with Gasteiger partial charge in [0.1, 0.15) is 17.6 Å². The van der Waals surface area contributed by atoms with Crippen LogP contribution in [0.4, 0.5) is 21.6 Å². The number of halogens is 1. The number of benzene rings is 1. The molecule has 1 aliphatic rings. The Kier molecular flexibility index (Phi) is 5.27. The molecule has 2 aromatic rings. The number of hydrogen-bond donors (Lipinski definition) is 2. The summed E-state index contributed by atoms with van der Waals surface area (Å²) < 4.78 is 18.7. The Balaban J connectivity index is 1.77. The van der Waals surface area contributed by atoms with Gasteiger partial charge in [0.15, 0.2) is 0 Å². The Morgan fingerprint density at radius 3 is 2.57 bits per heavy atom. The SMILES string of the molecule is [C-]#[N+]c1ncc(NC(=O)C2(Nc3ccc(C(=O)OC)c(F)c3)CCC2)cc1C. The van der Waals surface area contributed by atoms with Crippen LogP contribution in [0.1, 0.15) is 35.2 Å². The Morgan fingerprint density at radius 1 is 1.29 bits per heavy atom. The molecule has 1 saturated carbocycles. The highest BCUT2D eigenvalue weighted by Crippen LogP contribution is 2.37. The predicted molar refractivity (Wildman–Crippen MR) is 102 cm³/mol. The molecule has 144 valence electrons. The molecule has 1 aromatic carbocycles. The fourth-order valence-corrected chi connectivity index (χ4v) is 3.09. The first kappa shape index (κ1) is 19.3. The minimum atomic E-state index is -0.869. The average Bonchev–Trinajstić information content (AvgIpc) is 2.64. The van der Waals surface area contributed by atoms with E-state index in [1.54, 1.807) is 19.1 Å². The lowest BCUT2D eigenvalue weighted by molar-refractivity contribution is -0.122. The number of esters is 1. The number of pyridine rings is 1. The van der Waals surface area contributed by atoms with E-state index in [2.05, 4.69) is 25.2 Å². The number of anilines is 2. The van der Waals surface area contributed by atoms with Gasteiger partial charge in [-0.1, -0.05) is 6.57 Å². The average molecular weight is 382 g/mol. The van der Waals surface area contributed by atoms with Crippen molar-refractivity contribution in [3.8, 4) is 0 Å². The Bertz CT molecular complexity index is 980. The molecule has 28 heavy (non-hydrogen) atoms. The van der Waals surface area contributed by atoms with Gasteiger partial charge in [-0.15, -0.1) is 4.98 Å². The lowest BCUT2D eigenvalue weighted by Gasteiger charge is -2.41. The number of rotatable bonds is 5. The molecule has 1 aliphatic carbocycles. The van der Waals surface area contributed by atoms with Crippen LogP contribution in [0.3, 0.4) is 0 Å². The lowest BCUT2D eigenvalue weighted by atomic mass is 9.75. The van der Waals surface area contributed by atoms with E-state index >= 15 is 0 Å². The summed E-state index contributed by atoms with van der Waals surface area (Å²) in [6, 6.07) is 5.73. The maximum absolute atomic E-state index is 14.2. The summed E-state index contributed by atoms with van der Waals surface area (Å²) in [7, 11) is 1.18. The number of nitrogens with zero attached hydrogens (tertiary/aromatic N) is 2. The molecule has 1 fully saturated rings. The van der Waals surface area contributed by atoms with Gasteiger partial charge in [0, 0.05) is 5.69 Å². The van der Waals surface area contributed by atoms with Gasteiger partial charge in [-0.25, -0.2) is 9.18 Å².